The molecule has 0 atom stereocenters. The molecule has 0 radical (unpaired) electrons. The zero-order valence-electron chi connectivity index (χ0n) is 10.7. The normalized spacial score (nSPS) is 15.4. The lowest BCUT2D eigenvalue weighted by molar-refractivity contribution is -0.159. The number of nitrogens with zero attached hydrogens (tertiary/aromatic N) is 3. The van der Waals surface area contributed by atoms with Gasteiger partial charge in [-0.1, -0.05) is 11.2 Å². The highest BCUT2D eigenvalue weighted by Gasteiger charge is 2.13. The van der Waals surface area contributed by atoms with E-state index >= 15 is 0 Å². The molecule has 0 amide bonds. The molecule has 19 heavy (non-hydrogen) atoms. The largest absolute Gasteiger partial charge is 0.473 e. The molecule has 0 bridgehead atoms. The minimum Gasteiger partial charge on any atom is -0.473 e. The Morgan fingerprint density at radius 2 is 2.05 bits per heavy atom. The van der Waals surface area contributed by atoms with E-state index in [9.17, 15) is 0 Å². The molecule has 0 saturated carbocycles. The van der Waals surface area contributed by atoms with E-state index in [-0.39, 0.29) is 0 Å². The summed E-state index contributed by atoms with van der Waals surface area (Å²) in [5, 5.41) is 27.2. The lowest BCUT2D eigenvalue weighted by Crippen LogP contribution is -2.28. The van der Waals surface area contributed by atoms with Crippen molar-refractivity contribution in [2.24, 2.45) is 5.16 Å². The summed E-state index contributed by atoms with van der Waals surface area (Å²) in [4.78, 5) is 24.9. The van der Waals surface area contributed by atoms with Crippen LogP contribution in [-0.4, -0.2) is 60.0 Å². The third-order valence-electron chi connectivity index (χ3n) is 2.12. The second-order valence-electron chi connectivity index (χ2n) is 3.60. The monoisotopic (exact) mass is 269 g/mol. The zero-order valence-corrected chi connectivity index (χ0v) is 10.7. The van der Waals surface area contributed by atoms with Crippen LogP contribution in [-0.2, 0) is 14.4 Å². The predicted octanol–water partition coefficient (Wildman–Crippen LogP) is -0.0701. The molecule has 8 nitrogen and oxygen atoms in total. The van der Waals surface area contributed by atoms with Gasteiger partial charge in [-0.15, -0.1) is 0 Å². The van der Waals surface area contributed by atoms with E-state index in [0.717, 1.165) is 25.1 Å². The number of aliphatic carboxylic acids is 2. The van der Waals surface area contributed by atoms with E-state index < -0.39 is 11.9 Å². The fraction of sp³-hybridized carbons (Fsp3) is 0.455. The van der Waals surface area contributed by atoms with Crippen LogP contribution in [0.3, 0.4) is 0 Å². The number of nitriles is 1. The molecule has 0 unspecified atom stereocenters. The Bertz CT molecular complexity index is 424. The molecule has 1 heterocycles. The second-order valence-corrected chi connectivity index (χ2v) is 3.60. The fourth-order valence-electron chi connectivity index (χ4n) is 1.31. The molecule has 1 rings (SSSR count). The van der Waals surface area contributed by atoms with Crippen LogP contribution in [0.25, 0.3) is 0 Å². The predicted molar refractivity (Wildman–Crippen MR) is 65.5 cm³/mol. The van der Waals surface area contributed by atoms with Gasteiger partial charge < -0.3 is 20.0 Å². The van der Waals surface area contributed by atoms with Crippen molar-refractivity contribution in [1.82, 2.24) is 4.90 Å². The molecule has 0 saturated heterocycles. The quantitative estimate of drug-likeness (QED) is 0.408. The molecule has 0 fully saturated rings. The summed E-state index contributed by atoms with van der Waals surface area (Å²) in [7, 11) is 3.47. The van der Waals surface area contributed by atoms with E-state index in [4.69, 9.17) is 25.1 Å². The van der Waals surface area contributed by atoms with E-state index in [1.54, 1.807) is 0 Å². The zero-order chi connectivity index (χ0) is 14.8. The summed E-state index contributed by atoms with van der Waals surface area (Å²) in [5.41, 5.74) is 1.34. The van der Waals surface area contributed by atoms with Gasteiger partial charge in [0, 0.05) is 18.7 Å². The minimum atomic E-state index is -1.82. The van der Waals surface area contributed by atoms with Crippen molar-refractivity contribution in [3.63, 3.8) is 0 Å². The average molecular weight is 269 g/mol. The van der Waals surface area contributed by atoms with Crippen molar-refractivity contribution >= 4 is 17.7 Å². The summed E-state index contributed by atoms with van der Waals surface area (Å²) in [6.45, 7) is 1.81. The molecule has 2 N–H and O–H groups in total. The Labute approximate surface area is 110 Å². The summed E-state index contributed by atoms with van der Waals surface area (Å²) in [6, 6.07) is 2.02. The number of likely N-dealkylation sites (N-methyl/N-ethyl adjacent to an activating group) is 1. The van der Waals surface area contributed by atoms with Crippen LogP contribution >= 0.6 is 0 Å². The Hall–Kier alpha value is -2.40. The molecular weight excluding hydrogens is 254 g/mol. The average Bonchev–Trinajstić information content (AvgIpc) is 2.36. The van der Waals surface area contributed by atoms with Gasteiger partial charge in [0.1, 0.15) is 13.2 Å². The molecule has 0 spiro atoms. The number of hydrogen-bond donors (Lipinski definition) is 2. The topological polar surface area (TPSA) is 123 Å². The lowest BCUT2D eigenvalue weighted by atomic mass is 10.1. The lowest BCUT2D eigenvalue weighted by Gasteiger charge is -2.21. The Balaban J connectivity index is 0.000000459. The van der Waals surface area contributed by atoms with Gasteiger partial charge in [0.15, 0.2) is 5.71 Å². The number of oxime groups is 1. The molecule has 0 aromatic carbocycles. The van der Waals surface area contributed by atoms with Gasteiger partial charge in [-0.25, -0.2) is 9.59 Å². The first kappa shape index (κ1) is 16.6. The third kappa shape index (κ3) is 6.80. The van der Waals surface area contributed by atoms with Crippen LogP contribution in [0.15, 0.2) is 16.8 Å². The van der Waals surface area contributed by atoms with Crippen molar-refractivity contribution in [2.45, 2.75) is 6.42 Å². The smallest absolute Gasteiger partial charge is 0.414 e. The van der Waals surface area contributed by atoms with Gasteiger partial charge in [-0.3, -0.25) is 0 Å². The molecule has 104 valence electrons. The van der Waals surface area contributed by atoms with Gasteiger partial charge in [0.05, 0.1) is 0 Å². The maximum Gasteiger partial charge on any atom is 0.414 e. The van der Waals surface area contributed by atoms with Crippen molar-refractivity contribution in [3.8, 4) is 6.07 Å². The highest BCUT2D eigenvalue weighted by Crippen LogP contribution is 2.09. The standard InChI is InChI=1S/C9H13N3O.C2H2O4/c1-12-5-3-4-8(7-12)9(6-10)11-13-2;3-1(4)2(5)6/h4H,3,5,7H2,1-2H3;(H,3,4)(H,5,6). The van der Waals surface area contributed by atoms with Crippen LogP contribution < -0.4 is 0 Å². The first-order chi connectivity index (χ1) is 8.92. The SMILES string of the molecule is CON=C(C#N)C1=CCCN(C)C1.O=C(O)C(=O)O. The van der Waals surface area contributed by atoms with Crippen molar-refractivity contribution in [3.05, 3.63) is 11.6 Å². The number of carboxylic acid groups (broad SMARTS) is 2. The highest BCUT2D eigenvalue weighted by atomic mass is 16.6. The minimum absolute atomic E-state index is 0.383. The summed E-state index contributed by atoms with van der Waals surface area (Å²) in [5.74, 6) is -3.65. The number of rotatable bonds is 2. The van der Waals surface area contributed by atoms with Crippen LogP contribution in [0.5, 0.6) is 0 Å². The van der Waals surface area contributed by atoms with Gasteiger partial charge in [0.2, 0.25) is 0 Å². The van der Waals surface area contributed by atoms with Gasteiger partial charge in [-0.2, -0.15) is 5.26 Å². The summed E-state index contributed by atoms with van der Waals surface area (Å²) in [6.07, 6.45) is 3.01. The van der Waals surface area contributed by atoms with E-state index in [1.807, 2.05) is 19.2 Å². The molecular formula is C11H15N3O5. The first-order valence-electron chi connectivity index (χ1n) is 5.27. The Morgan fingerprint density at radius 1 is 1.47 bits per heavy atom. The van der Waals surface area contributed by atoms with Crippen LogP contribution in [0.2, 0.25) is 0 Å². The van der Waals surface area contributed by atoms with Gasteiger partial charge >= 0.3 is 11.9 Å². The molecule has 8 heteroatoms. The maximum atomic E-state index is 9.10. The van der Waals surface area contributed by atoms with E-state index in [0.29, 0.717) is 5.71 Å². The number of carbonyl (C=O) groups is 2. The van der Waals surface area contributed by atoms with Gasteiger partial charge in [-0.05, 0) is 13.5 Å². The second kappa shape index (κ2) is 8.66. The first-order valence-corrected chi connectivity index (χ1v) is 5.27. The summed E-state index contributed by atoms with van der Waals surface area (Å²) >= 11 is 0. The van der Waals surface area contributed by atoms with E-state index in [1.165, 1.54) is 7.11 Å². The van der Waals surface area contributed by atoms with Crippen molar-refractivity contribution in [2.75, 3.05) is 27.2 Å². The van der Waals surface area contributed by atoms with Crippen molar-refractivity contribution in [1.29, 1.82) is 5.26 Å². The van der Waals surface area contributed by atoms with Crippen LogP contribution in [0.4, 0.5) is 0 Å². The highest BCUT2D eigenvalue weighted by molar-refractivity contribution is 6.27. The maximum absolute atomic E-state index is 9.10. The van der Waals surface area contributed by atoms with Crippen LogP contribution in [0, 0.1) is 11.3 Å². The van der Waals surface area contributed by atoms with Gasteiger partial charge in [0.25, 0.3) is 0 Å². The molecule has 1 aliphatic heterocycles. The fourth-order valence-corrected chi connectivity index (χ4v) is 1.31. The molecule has 1 aliphatic rings. The van der Waals surface area contributed by atoms with E-state index in [2.05, 4.69) is 14.9 Å². The summed E-state index contributed by atoms with van der Waals surface area (Å²) < 4.78 is 0. The molecule has 0 aliphatic carbocycles. The van der Waals surface area contributed by atoms with Crippen molar-refractivity contribution < 1.29 is 24.6 Å². The number of hydrogen-bond acceptors (Lipinski definition) is 6. The Kier molecular flexibility index (Phi) is 7.56. The molecule has 0 aromatic rings. The molecule has 0 aromatic heterocycles. The number of carboxylic acids is 2. The third-order valence-corrected chi connectivity index (χ3v) is 2.12. The Morgan fingerprint density at radius 3 is 2.42 bits per heavy atom. The van der Waals surface area contributed by atoms with Crippen LogP contribution in [0.1, 0.15) is 6.42 Å².